The lowest BCUT2D eigenvalue weighted by atomic mass is 10.0. The highest BCUT2D eigenvalue weighted by atomic mass is 35.5. The Morgan fingerprint density at radius 1 is 0.810 bits per heavy atom. The molecule has 4 rings (SSSR count). The zero-order valence-electron chi connectivity index (χ0n) is 23.7. The number of halogens is 2. The SMILES string of the molecule is COc1ccc(CCNC(=O)C(Cc2ccccc2)N(Cc2ccc(F)cc2)C(=O)Cc2ccc(Cl)cc2)cc1OC. The van der Waals surface area contributed by atoms with Crippen molar-refractivity contribution in [3.63, 3.8) is 0 Å². The second-order valence-electron chi connectivity index (χ2n) is 9.89. The Balaban J connectivity index is 1.58. The summed E-state index contributed by atoms with van der Waals surface area (Å²) in [6, 6.07) is 27.4. The third kappa shape index (κ3) is 8.57. The topological polar surface area (TPSA) is 67.9 Å². The van der Waals surface area contributed by atoms with Crippen LogP contribution in [0.1, 0.15) is 22.3 Å². The molecule has 8 heteroatoms. The number of nitrogens with zero attached hydrogens (tertiary/aromatic N) is 1. The normalized spacial score (nSPS) is 11.4. The molecule has 4 aromatic rings. The monoisotopic (exact) mass is 588 g/mol. The van der Waals surface area contributed by atoms with Crippen molar-refractivity contribution >= 4 is 23.4 Å². The predicted octanol–water partition coefficient (Wildman–Crippen LogP) is 6.04. The zero-order valence-corrected chi connectivity index (χ0v) is 24.4. The average molecular weight is 589 g/mol. The van der Waals surface area contributed by atoms with Gasteiger partial charge in [-0.25, -0.2) is 4.39 Å². The maximum absolute atomic E-state index is 13.8. The van der Waals surface area contributed by atoms with Gasteiger partial charge in [-0.3, -0.25) is 9.59 Å². The first-order chi connectivity index (χ1) is 20.4. The lowest BCUT2D eigenvalue weighted by Crippen LogP contribution is -2.51. The van der Waals surface area contributed by atoms with Crippen LogP contribution in [0, 0.1) is 5.82 Å². The van der Waals surface area contributed by atoms with Gasteiger partial charge in [-0.2, -0.15) is 0 Å². The van der Waals surface area contributed by atoms with Gasteiger partial charge in [-0.1, -0.05) is 72.3 Å². The van der Waals surface area contributed by atoms with Crippen molar-refractivity contribution in [1.29, 1.82) is 0 Å². The van der Waals surface area contributed by atoms with Crippen molar-refractivity contribution in [3.8, 4) is 11.5 Å². The fourth-order valence-corrected chi connectivity index (χ4v) is 4.83. The molecule has 6 nitrogen and oxygen atoms in total. The van der Waals surface area contributed by atoms with Gasteiger partial charge in [0.15, 0.2) is 11.5 Å². The van der Waals surface area contributed by atoms with Gasteiger partial charge in [-0.05, 0) is 65.1 Å². The van der Waals surface area contributed by atoms with Crippen LogP contribution in [0.5, 0.6) is 11.5 Å². The Labute approximate surface area is 251 Å². The molecule has 0 aromatic heterocycles. The minimum Gasteiger partial charge on any atom is -0.493 e. The summed E-state index contributed by atoms with van der Waals surface area (Å²) in [7, 11) is 3.16. The van der Waals surface area contributed by atoms with E-state index < -0.39 is 6.04 Å². The number of hydrogen-bond donors (Lipinski definition) is 1. The summed E-state index contributed by atoms with van der Waals surface area (Å²) in [6.45, 7) is 0.503. The Kier molecular flexibility index (Phi) is 11.0. The van der Waals surface area contributed by atoms with Crippen LogP contribution in [0.25, 0.3) is 0 Å². The van der Waals surface area contributed by atoms with Gasteiger partial charge in [0.05, 0.1) is 20.6 Å². The molecular weight excluding hydrogens is 555 g/mol. The summed E-state index contributed by atoms with van der Waals surface area (Å²) in [5.74, 6) is 0.375. The van der Waals surface area contributed by atoms with Crippen LogP contribution in [0.15, 0.2) is 97.1 Å². The Morgan fingerprint density at radius 2 is 1.45 bits per heavy atom. The highest BCUT2D eigenvalue weighted by Gasteiger charge is 2.30. The van der Waals surface area contributed by atoms with Crippen molar-refractivity contribution < 1.29 is 23.5 Å². The number of hydrogen-bond acceptors (Lipinski definition) is 4. The second-order valence-corrected chi connectivity index (χ2v) is 10.3. The molecule has 0 saturated heterocycles. The molecule has 0 heterocycles. The molecule has 4 aromatic carbocycles. The first-order valence-electron chi connectivity index (χ1n) is 13.7. The van der Waals surface area contributed by atoms with E-state index in [0.29, 0.717) is 35.9 Å². The smallest absolute Gasteiger partial charge is 0.243 e. The molecule has 2 amide bonds. The van der Waals surface area contributed by atoms with Gasteiger partial charge < -0.3 is 19.7 Å². The van der Waals surface area contributed by atoms with E-state index in [1.807, 2.05) is 48.5 Å². The Morgan fingerprint density at radius 3 is 2.12 bits per heavy atom. The fourth-order valence-electron chi connectivity index (χ4n) is 4.70. The van der Waals surface area contributed by atoms with E-state index in [-0.39, 0.29) is 30.6 Å². The van der Waals surface area contributed by atoms with Crippen molar-refractivity contribution in [1.82, 2.24) is 10.2 Å². The highest BCUT2D eigenvalue weighted by molar-refractivity contribution is 6.30. The molecule has 0 saturated carbocycles. The van der Waals surface area contributed by atoms with E-state index in [1.165, 1.54) is 12.1 Å². The van der Waals surface area contributed by atoms with Crippen LogP contribution < -0.4 is 14.8 Å². The van der Waals surface area contributed by atoms with Crippen LogP contribution in [-0.4, -0.2) is 43.5 Å². The molecule has 1 unspecified atom stereocenters. The zero-order chi connectivity index (χ0) is 29.9. The molecule has 0 aliphatic rings. The molecule has 0 spiro atoms. The number of methoxy groups -OCH3 is 2. The third-order valence-corrected chi connectivity index (χ3v) is 7.22. The predicted molar refractivity (Wildman–Crippen MR) is 162 cm³/mol. The first-order valence-corrected chi connectivity index (χ1v) is 14.0. The maximum atomic E-state index is 13.8. The molecule has 218 valence electrons. The summed E-state index contributed by atoms with van der Waals surface area (Å²) in [4.78, 5) is 29.2. The lowest BCUT2D eigenvalue weighted by Gasteiger charge is -2.32. The molecule has 0 aliphatic heterocycles. The Bertz CT molecular complexity index is 1460. The number of carbonyl (C=O) groups is 2. The second kappa shape index (κ2) is 15.0. The van der Waals surface area contributed by atoms with Gasteiger partial charge in [0.1, 0.15) is 11.9 Å². The molecule has 0 fully saturated rings. The van der Waals surface area contributed by atoms with Crippen LogP contribution in [-0.2, 0) is 35.4 Å². The van der Waals surface area contributed by atoms with E-state index >= 15 is 0 Å². The summed E-state index contributed by atoms with van der Waals surface area (Å²) >= 11 is 6.05. The van der Waals surface area contributed by atoms with E-state index in [9.17, 15) is 14.0 Å². The number of benzene rings is 4. The number of nitrogens with one attached hydrogen (secondary N) is 1. The molecule has 1 atom stereocenters. The summed E-state index contributed by atoms with van der Waals surface area (Å²) < 4.78 is 24.4. The van der Waals surface area contributed by atoms with E-state index in [2.05, 4.69) is 5.32 Å². The third-order valence-electron chi connectivity index (χ3n) is 6.97. The van der Waals surface area contributed by atoms with E-state index in [1.54, 1.807) is 55.5 Å². The van der Waals surface area contributed by atoms with Crippen LogP contribution in [0.4, 0.5) is 4.39 Å². The van der Waals surface area contributed by atoms with Gasteiger partial charge in [0.2, 0.25) is 11.8 Å². The number of amides is 2. The van der Waals surface area contributed by atoms with Crippen LogP contribution in [0.2, 0.25) is 5.02 Å². The van der Waals surface area contributed by atoms with E-state index in [0.717, 1.165) is 22.3 Å². The molecule has 1 N–H and O–H groups in total. The number of rotatable bonds is 13. The standard InChI is InChI=1S/C34H34ClFN2O4/c1-41-31-17-12-26(21-32(31)42-2)18-19-37-34(40)30(20-24-6-4-3-5-7-24)38(23-27-10-15-29(36)16-11-27)33(39)22-25-8-13-28(35)14-9-25/h3-17,21,30H,18-20,22-23H2,1-2H3,(H,37,40). The van der Waals surface area contributed by atoms with Gasteiger partial charge in [-0.15, -0.1) is 0 Å². The minimum absolute atomic E-state index is 0.0859. The quantitative estimate of drug-likeness (QED) is 0.207. The average Bonchev–Trinajstić information content (AvgIpc) is 3.01. The van der Waals surface area contributed by atoms with Gasteiger partial charge in [0.25, 0.3) is 0 Å². The lowest BCUT2D eigenvalue weighted by molar-refractivity contribution is -0.140. The molecular formula is C34H34ClFN2O4. The maximum Gasteiger partial charge on any atom is 0.243 e. The fraction of sp³-hybridized carbons (Fsp3) is 0.235. The summed E-state index contributed by atoms with van der Waals surface area (Å²) in [6.07, 6.45) is 0.958. The first kappa shape index (κ1) is 30.6. The van der Waals surface area contributed by atoms with Crippen molar-refractivity contribution in [2.75, 3.05) is 20.8 Å². The van der Waals surface area contributed by atoms with E-state index in [4.69, 9.17) is 21.1 Å². The largest absolute Gasteiger partial charge is 0.493 e. The summed E-state index contributed by atoms with van der Waals surface area (Å²) in [5.41, 5.74) is 3.38. The summed E-state index contributed by atoms with van der Waals surface area (Å²) in [5, 5.41) is 3.61. The van der Waals surface area contributed by atoms with Crippen molar-refractivity contribution in [3.05, 3.63) is 130 Å². The van der Waals surface area contributed by atoms with Crippen molar-refractivity contribution in [2.24, 2.45) is 0 Å². The molecule has 0 bridgehead atoms. The highest BCUT2D eigenvalue weighted by Crippen LogP contribution is 2.27. The van der Waals surface area contributed by atoms with Crippen LogP contribution in [0.3, 0.4) is 0 Å². The van der Waals surface area contributed by atoms with Crippen LogP contribution >= 0.6 is 11.6 Å². The van der Waals surface area contributed by atoms with Gasteiger partial charge in [0, 0.05) is 24.5 Å². The Hall–Kier alpha value is -4.36. The molecule has 0 radical (unpaired) electrons. The molecule has 0 aliphatic carbocycles. The minimum atomic E-state index is -0.803. The van der Waals surface area contributed by atoms with Crippen molar-refractivity contribution in [2.45, 2.75) is 31.8 Å². The van der Waals surface area contributed by atoms with Gasteiger partial charge >= 0.3 is 0 Å². The number of ether oxygens (including phenoxy) is 2. The molecule has 42 heavy (non-hydrogen) atoms. The number of carbonyl (C=O) groups excluding carboxylic acids is 2.